The summed E-state index contributed by atoms with van der Waals surface area (Å²) in [5, 5.41) is 0. The number of ether oxygens (including phenoxy) is 2. The highest BCUT2D eigenvalue weighted by Gasteiger charge is 2.33. The Hall–Kier alpha value is -1.84. The summed E-state index contributed by atoms with van der Waals surface area (Å²) in [5.74, 6) is -0.575. The summed E-state index contributed by atoms with van der Waals surface area (Å²) in [6.07, 6.45) is 25.0. The zero-order chi connectivity index (χ0) is 23.6. The molecule has 0 spiro atoms. The van der Waals surface area contributed by atoms with Gasteiger partial charge in [-0.05, 0) is 19.8 Å². The van der Waals surface area contributed by atoms with Gasteiger partial charge in [-0.25, -0.2) is 0 Å². The number of Topliss-reactive ketones (excluding diaryl/α,β-unsaturated/α-hetero) is 2. The first-order chi connectivity index (χ1) is 15.6. The van der Waals surface area contributed by atoms with Crippen molar-refractivity contribution < 1.29 is 19.1 Å². The average molecular weight is 447 g/mol. The zero-order valence-electron chi connectivity index (χ0n) is 21.1. The SMILES string of the molecule is CCCCCCCCCCCCCCCCCC=CC1=C(C)C(=O)C(OC)=C(OC)C1=O. The molecule has 0 fully saturated rings. The summed E-state index contributed by atoms with van der Waals surface area (Å²) >= 11 is 0. The number of ketones is 2. The van der Waals surface area contributed by atoms with E-state index in [0.717, 1.165) is 12.8 Å². The molecular formula is C28H46O4. The van der Waals surface area contributed by atoms with Crippen molar-refractivity contribution in [3.8, 4) is 0 Å². The molecular weight excluding hydrogens is 400 g/mol. The predicted octanol–water partition coefficient (Wildman–Crippen LogP) is 7.78. The third-order valence-corrected chi connectivity index (χ3v) is 6.28. The van der Waals surface area contributed by atoms with Gasteiger partial charge in [0.2, 0.25) is 23.1 Å². The van der Waals surface area contributed by atoms with Gasteiger partial charge in [0.1, 0.15) is 0 Å². The fraction of sp³-hybridized carbons (Fsp3) is 0.714. The number of rotatable bonds is 19. The maximum Gasteiger partial charge on any atom is 0.232 e. The first kappa shape index (κ1) is 28.2. The summed E-state index contributed by atoms with van der Waals surface area (Å²) in [7, 11) is 2.77. The molecule has 4 nitrogen and oxygen atoms in total. The minimum atomic E-state index is -0.283. The summed E-state index contributed by atoms with van der Waals surface area (Å²) in [6, 6.07) is 0. The number of carbonyl (C=O) groups excluding carboxylic acids is 2. The number of hydrogen-bond donors (Lipinski definition) is 0. The molecule has 0 atom stereocenters. The minimum absolute atomic E-state index is 0.00489. The van der Waals surface area contributed by atoms with Crippen LogP contribution in [0.1, 0.15) is 117 Å². The molecule has 0 saturated heterocycles. The van der Waals surface area contributed by atoms with Gasteiger partial charge in [0.15, 0.2) is 0 Å². The van der Waals surface area contributed by atoms with E-state index in [-0.39, 0.29) is 23.1 Å². The number of allylic oxidation sites excluding steroid dienone is 4. The Labute approximate surface area is 196 Å². The molecule has 0 aromatic carbocycles. The van der Waals surface area contributed by atoms with Crippen molar-refractivity contribution in [3.05, 3.63) is 34.8 Å². The molecule has 1 aliphatic carbocycles. The second kappa shape index (κ2) is 17.7. The van der Waals surface area contributed by atoms with Crippen LogP contribution in [0.25, 0.3) is 0 Å². The summed E-state index contributed by atoms with van der Waals surface area (Å²) in [5.41, 5.74) is 0.828. The van der Waals surface area contributed by atoms with Crippen LogP contribution in [0.3, 0.4) is 0 Å². The van der Waals surface area contributed by atoms with Gasteiger partial charge < -0.3 is 9.47 Å². The summed E-state index contributed by atoms with van der Waals surface area (Å²) in [6.45, 7) is 3.94. The molecule has 1 aliphatic rings. The van der Waals surface area contributed by atoms with E-state index in [2.05, 4.69) is 6.92 Å². The van der Waals surface area contributed by atoms with E-state index in [9.17, 15) is 9.59 Å². The smallest absolute Gasteiger partial charge is 0.232 e. The minimum Gasteiger partial charge on any atom is -0.489 e. The molecule has 0 N–H and O–H groups in total. The van der Waals surface area contributed by atoms with E-state index in [1.807, 2.05) is 6.08 Å². The van der Waals surface area contributed by atoms with Gasteiger partial charge in [0.25, 0.3) is 0 Å². The van der Waals surface area contributed by atoms with E-state index in [1.165, 1.54) is 104 Å². The van der Waals surface area contributed by atoms with Gasteiger partial charge >= 0.3 is 0 Å². The van der Waals surface area contributed by atoms with Crippen LogP contribution >= 0.6 is 0 Å². The lowest BCUT2D eigenvalue weighted by molar-refractivity contribution is -0.120. The maximum atomic E-state index is 12.6. The van der Waals surface area contributed by atoms with Crippen LogP contribution in [0, 0.1) is 0 Å². The van der Waals surface area contributed by atoms with E-state index in [1.54, 1.807) is 13.0 Å². The largest absolute Gasteiger partial charge is 0.489 e. The van der Waals surface area contributed by atoms with E-state index < -0.39 is 0 Å². The van der Waals surface area contributed by atoms with Gasteiger partial charge in [-0.2, -0.15) is 0 Å². The van der Waals surface area contributed by atoms with Crippen LogP contribution in [0.4, 0.5) is 0 Å². The van der Waals surface area contributed by atoms with Crippen LogP contribution in [0.2, 0.25) is 0 Å². The van der Waals surface area contributed by atoms with E-state index in [0.29, 0.717) is 11.1 Å². The van der Waals surface area contributed by atoms with Crippen LogP contribution < -0.4 is 0 Å². The second-order valence-electron chi connectivity index (χ2n) is 8.90. The van der Waals surface area contributed by atoms with Crippen molar-refractivity contribution in [1.82, 2.24) is 0 Å². The predicted molar refractivity (Wildman–Crippen MR) is 132 cm³/mol. The highest BCUT2D eigenvalue weighted by molar-refractivity contribution is 6.24. The monoisotopic (exact) mass is 446 g/mol. The van der Waals surface area contributed by atoms with Crippen molar-refractivity contribution in [1.29, 1.82) is 0 Å². The number of carbonyl (C=O) groups is 2. The third-order valence-electron chi connectivity index (χ3n) is 6.28. The fourth-order valence-corrected chi connectivity index (χ4v) is 4.20. The van der Waals surface area contributed by atoms with Crippen molar-refractivity contribution in [3.63, 3.8) is 0 Å². The lowest BCUT2D eigenvalue weighted by Crippen LogP contribution is -2.24. The molecule has 0 aromatic rings. The van der Waals surface area contributed by atoms with Crippen molar-refractivity contribution in [2.24, 2.45) is 0 Å². The second-order valence-corrected chi connectivity index (χ2v) is 8.90. The van der Waals surface area contributed by atoms with Gasteiger partial charge in [-0.15, -0.1) is 0 Å². The molecule has 32 heavy (non-hydrogen) atoms. The van der Waals surface area contributed by atoms with Gasteiger partial charge in [-0.1, -0.05) is 109 Å². The Bertz CT molecular complexity index is 654. The number of unbranched alkanes of at least 4 members (excludes halogenated alkanes) is 15. The molecule has 0 unspecified atom stereocenters. The number of hydrogen-bond acceptors (Lipinski definition) is 4. The van der Waals surface area contributed by atoms with Gasteiger partial charge in [0.05, 0.1) is 14.2 Å². The zero-order valence-corrected chi connectivity index (χ0v) is 21.1. The molecule has 0 amide bonds. The highest BCUT2D eigenvalue weighted by atomic mass is 16.5. The Balaban J connectivity index is 2.08. The molecule has 0 heterocycles. The quantitative estimate of drug-likeness (QED) is 0.150. The van der Waals surface area contributed by atoms with Crippen LogP contribution in [0.15, 0.2) is 34.8 Å². The molecule has 0 bridgehead atoms. The normalized spacial score (nSPS) is 14.8. The van der Waals surface area contributed by atoms with Crippen LogP contribution in [-0.4, -0.2) is 25.8 Å². The average Bonchev–Trinajstić information content (AvgIpc) is 2.80. The Morgan fingerprint density at radius 1 is 0.625 bits per heavy atom. The third kappa shape index (κ3) is 10.2. The van der Waals surface area contributed by atoms with Crippen LogP contribution in [0.5, 0.6) is 0 Å². The Morgan fingerprint density at radius 3 is 1.47 bits per heavy atom. The number of methoxy groups -OCH3 is 2. The van der Waals surface area contributed by atoms with Gasteiger partial charge in [-0.3, -0.25) is 9.59 Å². The van der Waals surface area contributed by atoms with Gasteiger partial charge in [0, 0.05) is 11.1 Å². The molecule has 0 radical (unpaired) electrons. The molecule has 0 saturated carbocycles. The van der Waals surface area contributed by atoms with E-state index >= 15 is 0 Å². The van der Waals surface area contributed by atoms with Crippen molar-refractivity contribution in [2.45, 2.75) is 117 Å². The topological polar surface area (TPSA) is 52.6 Å². The molecule has 0 aromatic heterocycles. The standard InChI is InChI=1S/C28H46O4/c1-5-6-7-8-9-10-11-12-13-14-15-16-17-18-19-20-21-22-24-23(2)25(29)27(31-3)28(32-4)26(24)30/h21-22H,5-20H2,1-4H3. The highest BCUT2D eigenvalue weighted by Crippen LogP contribution is 2.26. The van der Waals surface area contributed by atoms with E-state index in [4.69, 9.17) is 9.47 Å². The fourth-order valence-electron chi connectivity index (χ4n) is 4.20. The van der Waals surface area contributed by atoms with Crippen molar-refractivity contribution >= 4 is 11.6 Å². The summed E-state index contributed by atoms with van der Waals surface area (Å²) in [4.78, 5) is 24.9. The first-order valence-electron chi connectivity index (χ1n) is 12.9. The Kier molecular flexibility index (Phi) is 15.6. The van der Waals surface area contributed by atoms with Crippen molar-refractivity contribution in [2.75, 3.05) is 14.2 Å². The molecule has 1 rings (SSSR count). The Morgan fingerprint density at radius 2 is 1.03 bits per heavy atom. The molecule has 0 aliphatic heterocycles. The summed E-state index contributed by atoms with van der Waals surface area (Å²) < 4.78 is 10.2. The molecule has 182 valence electrons. The lowest BCUT2D eigenvalue weighted by Gasteiger charge is -2.18. The van der Waals surface area contributed by atoms with Crippen LogP contribution in [-0.2, 0) is 19.1 Å². The first-order valence-corrected chi connectivity index (χ1v) is 12.9. The molecule has 4 heteroatoms. The lowest BCUT2D eigenvalue weighted by atomic mass is 9.92. The maximum absolute atomic E-state index is 12.6.